The van der Waals surface area contributed by atoms with Gasteiger partial charge >= 0.3 is 0 Å². The van der Waals surface area contributed by atoms with Gasteiger partial charge in [0.25, 0.3) is 0 Å². The Bertz CT molecular complexity index is 488. The Morgan fingerprint density at radius 2 is 2.19 bits per heavy atom. The van der Waals surface area contributed by atoms with Crippen LogP contribution in [0.25, 0.3) is 0 Å². The lowest BCUT2D eigenvalue weighted by atomic mass is 9.59. The van der Waals surface area contributed by atoms with E-state index >= 15 is 0 Å². The Kier molecular flexibility index (Phi) is 1.56. The molecule has 0 N–H and O–H groups in total. The molecule has 1 heteroatoms. The minimum atomic E-state index is 0.389. The van der Waals surface area contributed by atoms with E-state index in [9.17, 15) is 0 Å². The first-order valence-corrected chi connectivity index (χ1v) is 6.29. The summed E-state index contributed by atoms with van der Waals surface area (Å²) in [6.07, 6.45) is 5.29. The second-order valence-electron chi connectivity index (χ2n) is 5.68. The standard InChI is InChI=1S/C15H17N/c1-16-9-12-8-11-6-7-15(12,10-16)14-5-3-2-4-13(11)14/h2-5,8,11H,6-7,9-10H2,1H3/t11-,15-/m0/s1. The van der Waals surface area contributed by atoms with Crippen molar-refractivity contribution in [3.05, 3.63) is 47.0 Å². The SMILES string of the molecule is CN1CC2=C[C@@H]3CC[C@@]2(C1)c1ccccc13. The monoisotopic (exact) mass is 211 g/mol. The lowest BCUT2D eigenvalue weighted by molar-refractivity contribution is 0.332. The van der Waals surface area contributed by atoms with E-state index in [1.165, 1.54) is 25.9 Å². The maximum absolute atomic E-state index is 2.56. The molecule has 0 saturated carbocycles. The third-order valence-corrected chi connectivity index (χ3v) is 4.76. The van der Waals surface area contributed by atoms with Gasteiger partial charge in [-0.25, -0.2) is 0 Å². The Morgan fingerprint density at radius 1 is 1.31 bits per heavy atom. The first-order chi connectivity index (χ1) is 7.79. The summed E-state index contributed by atoms with van der Waals surface area (Å²) in [6.45, 7) is 2.41. The average molecular weight is 211 g/mol. The van der Waals surface area contributed by atoms with Crippen molar-refractivity contribution in [1.82, 2.24) is 4.90 Å². The van der Waals surface area contributed by atoms with Crippen molar-refractivity contribution >= 4 is 0 Å². The van der Waals surface area contributed by atoms with Crippen LogP contribution in [-0.4, -0.2) is 25.0 Å². The highest BCUT2D eigenvalue weighted by Crippen LogP contribution is 2.55. The van der Waals surface area contributed by atoms with Crippen LogP contribution in [0.2, 0.25) is 0 Å². The number of hydrogen-bond acceptors (Lipinski definition) is 1. The fourth-order valence-corrected chi connectivity index (χ4v) is 4.13. The Balaban J connectivity index is 2.00. The van der Waals surface area contributed by atoms with Gasteiger partial charge < -0.3 is 4.90 Å². The van der Waals surface area contributed by atoms with Crippen LogP contribution in [0.5, 0.6) is 0 Å². The zero-order valence-corrected chi connectivity index (χ0v) is 9.74. The molecular formula is C15H17N. The molecule has 0 unspecified atom stereocenters. The summed E-state index contributed by atoms with van der Waals surface area (Å²) in [7, 11) is 2.25. The van der Waals surface area contributed by atoms with Crippen molar-refractivity contribution in [2.75, 3.05) is 20.1 Å². The highest BCUT2D eigenvalue weighted by atomic mass is 15.1. The maximum Gasteiger partial charge on any atom is 0.0305 e. The molecule has 3 aliphatic carbocycles. The van der Waals surface area contributed by atoms with Gasteiger partial charge in [-0.3, -0.25) is 0 Å². The van der Waals surface area contributed by atoms with Gasteiger partial charge in [-0.2, -0.15) is 0 Å². The summed E-state index contributed by atoms with van der Waals surface area (Å²) in [5.41, 5.74) is 5.32. The first kappa shape index (κ1) is 9.00. The van der Waals surface area contributed by atoms with Crippen molar-refractivity contribution < 1.29 is 0 Å². The summed E-state index contributed by atoms with van der Waals surface area (Å²) in [5.74, 6) is 0.708. The van der Waals surface area contributed by atoms with Crippen molar-refractivity contribution in [2.24, 2.45) is 0 Å². The molecule has 1 nitrogen and oxygen atoms in total. The van der Waals surface area contributed by atoms with Crippen LogP contribution in [0.15, 0.2) is 35.9 Å². The molecule has 0 radical (unpaired) electrons. The molecule has 1 aliphatic heterocycles. The summed E-state index contributed by atoms with van der Waals surface area (Å²) < 4.78 is 0. The van der Waals surface area contributed by atoms with E-state index in [1.54, 1.807) is 16.7 Å². The summed E-state index contributed by atoms with van der Waals surface area (Å²) in [5, 5.41) is 0. The van der Waals surface area contributed by atoms with Gasteiger partial charge in [0, 0.05) is 24.4 Å². The van der Waals surface area contributed by atoms with Gasteiger partial charge in [0.15, 0.2) is 0 Å². The fourth-order valence-electron chi connectivity index (χ4n) is 4.13. The van der Waals surface area contributed by atoms with E-state index in [1.807, 2.05) is 0 Å². The van der Waals surface area contributed by atoms with Gasteiger partial charge in [0.1, 0.15) is 0 Å². The van der Waals surface area contributed by atoms with Crippen molar-refractivity contribution in [2.45, 2.75) is 24.2 Å². The van der Waals surface area contributed by atoms with Crippen LogP contribution in [0.1, 0.15) is 29.9 Å². The second kappa shape index (κ2) is 2.78. The number of benzene rings is 1. The van der Waals surface area contributed by atoms with Gasteiger partial charge in [-0.1, -0.05) is 30.3 Å². The smallest absolute Gasteiger partial charge is 0.0305 e. The molecular weight excluding hydrogens is 194 g/mol. The minimum Gasteiger partial charge on any atom is -0.301 e. The molecule has 2 bridgehead atoms. The highest BCUT2D eigenvalue weighted by Gasteiger charge is 2.49. The van der Waals surface area contributed by atoms with Crippen LogP contribution in [-0.2, 0) is 5.41 Å². The van der Waals surface area contributed by atoms with Gasteiger partial charge in [0.2, 0.25) is 0 Å². The molecule has 0 aromatic heterocycles. The number of nitrogens with zero attached hydrogens (tertiary/aromatic N) is 1. The van der Waals surface area contributed by atoms with Gasteiger partial charge in [-0.15, -0.1) is 0 Å². The molecule has 1 aromatic carbocycles. The van der Waals surface area contributed by atoms with E-state index in [0.29, 0.717) is 11.3 Å². The minimum absolute atomic E-state index is 0.389. The predicted molar refractivity (Wildman–Crippen MR) is 65.7 cm³/mol. The van der Waals surface area contributed by atoms with Crippen molar-refractivity contribution in [3.63, 3.8) is 0 Å². The normalized spacial score (nSPS) is 35.8. The maximum atomic E-state index is 2.56. The molecule has 82 valence electrons. The predicted octanol–water partition coefficient (Wildman–Crippen LogP) is 2.69. The number of likely N-dealkylation sites (N-methyl/N-ethyl adjacent to an activating group) is 1. The number of rotatable bonds is 0. The Morgan fingerprint density at radius 3 is 3.12 bits per heavy atom. The molecule has 2 atom stereocenters. The molecule has 1 saturated heterocycles. The molecule has 1 heterocycles. The van der Waals surface area contributed by atoms with Crippen molar-refractivity contribution in [3.8, 4) is 0 Å². The van der Waals surface area contributed by atoms with Crippen LogP contribution in [0.3, 0.4) is 0 Å². The van der Waals surface area contributed by atoms with Crippen LogP contribution in [0, 0.1) is 0 Å². The van der Waals surface area contributed by atoms with Gasteiger partial charge in [0.05, 0.1) is 0 Å². The number of fused-ring (bicyclic) bond motifs is 1. The Hall–Kier alpha value is -1.08. The number of hydrogen-bond donors (Lipinski definition) is 0. The van der Waals surface area contributed by atoms with Crippen molar-refractivity contribution in [1.29, 1.82) is 0 Å². The zero-order chi connectivity index (χ0) is 10.8. The van der Waals surface area contributed by atoms with E-state index < -0.39 is 0 Å². The summed E-state index contributed by atoms with van der Waals surface area (Å²) >= 11 is 0. The molecule has 4 aliphatic rings. The van der Waals surface area contributed by atoms with E-state index in [4.69, 9.17) is 0 Å². The molecule has 1 spiro atoms. The van der Waals surface area contributed by atoms with Crippen LogP contribution in [0.4, 0.5) is 0 Å². The summed E-state index contributed by atoms with van der Waals surface area (Å²) in [6, 6.07) is 9.12. The van der Waals surface area contributed by atoms with E-state index in [-0.39, 0.29) is 0 Å². The van der Waals surface area contributed by atoms with E-state index in [2.05, 4.69) is 42.3 Å². The number of likely N-dealkylation sites (tertiary alicyclic amines) is 1. The fraction of sp³-hybridized carbons (Fsp3) is 0.467. The largest absolute Gasteiger partial charge is 0.301 e. The second-order valence-corrected chi connectivity index (χ2v) is 5.68. The topological polar surface area (TPSA) is 3.24 Å². The zero-order valence-electron chi connectivity index (χ0n) is 9.74. The molecule has 1 fully saturated rings. The molecule has 1 aromatic rings. The third kappa shape index (κ3) is 0.910. The summed E-state index contributed by atoms with van der Waals surface area (Å²) in [4.78, 5) is 2.48. The first-order valence-electron chi connectivity index (χ1n) is 6.29. The lowest BCUT2D eigenvalue weighted by Crippen LogP contribution is -2.39. The highest BCUT2D eigenvalue weighted by molar-refractivity contribution is 5.54. The van der Waals surface area contributed by atoms with E-state index in [0.717, 1.165) is 0 Å². The third-order valence-electron chi connectivity index (χ3n) is 4.76. The van der Waals surface area contributed by atoms with Crippen LogP contribution < -0.4 is 0 Å². The lowest BCUT2D eigenvalue weighted by Gasteiger charge is -2.44. The van der Waals surface area contributed by atoms with Gasteiger partial charge in [-0.05, 0) is 36.6 Å². The number of allylic oxidation sites excluding steroid dienone is 1. The molecule has 5 rings (SSSR count). The van der Waals surface area contributed by atoms with Crippen LogP contribution >= 0.6 is 0 Å². The molecule has 0 amide bonds. The average Bonchev–Trinajstić information content (AvgIpc) is 2.65. The Labute approximate surface area is 96.8 Å². The molecule has 16 heavy (non-hydrogen) atoms. The quantitative estimate of drug-likeness (QED) is 0.596.